The topological polar surface area (TPSA) is 42.7 Å². The van der Waals surface area contributed by atoms with Gasteiger partial charge in [-0.3, -0.25) is 9.67 Å². The van der Waals surface area contributed by atoms with Gasteiger partial charge in [-0.05, 0) is 57.4 Å². The van der Waals surface area contributed by atoms with Crippen molar-refractivity contribution in [3.05, 3.63) is 47.0 Å². The van der Waals surface area contributed by atoms with E-state index in [-0.39, 0.29) is 0 Å². The number of hydrogen-bond acceptors (Lipinski definition) is 3. The second-order valence-electron chi connectivity index (χ2n) is 5.62. The number of nitrogens with zero attached hydrogens (tertiary/aromatic N) is 3. The molecule has 0 radical (unpaired) electrons. The van der Waals surface area contributed by atoms with Crippen molar-refractivity contribution < 1.29 is 0 Å². The Balaban J connectivity index is 2.12. The molecule has 4 heteroatoms. The average molecular weight is 286 g/mol. The summed E-state index contributed by atoms with van der Waals surface area (Å²) in [5, 5.41) is 7.90. The Morgan fingerprint density at radius 3 is 2.67 bits per heavy atom. The zero-order valence-corrected chi connectivity index (χ0v) is 13.6. The van der Waals surface area contributed by atoms with E-state index in [4.69, 9.17) is 0 Å². The van der Waals surface area contributed by atoms with Gasteiger partial charge >= 0.3 is 0 Å². The van der Waals surface area contributed by atoms with Crippen molar-refractivity contribution in [3.63, 3.8) is 0 Å². The minimum atomic E-state index is 0.355. The van der Waals surface area contributed by atoms with E-state index in [1.807, 2.05) is 24.9 Å². The fourth-order valence-corrected chi connectivity index (χ4v) is 2.69. The number of aromatic nitrogens is 3. The molecular weight excluding hydrogens is 260 g/mol. The SMILES string of the molecule is CCCNC(CCc1ccnn1C)c1ccc(C)nc1C. The van der Waals surface area contributed by atoms with Gasteiger partial charge in [0, 0.05) is 36.4 Å². The highest BCUT2D eigenvalue weighted by Crippen LogP contribution is 2.22. The maximum absolute atomic E-state index is 4.61. The molecule has 114 valence electrons. The molecule has 2 aromatic rings. The normalized spacial score (nSPS) is 12.6. The standard InChI is InChI=1S/C17H26N4/c1-5-11-18-17(9-7-15-10-12-19-21(15)4)16-8-6-13(2)20-14(16)3/h6,8,10,12,17-18H,5,7,9,11H2,1-4H3. The average Bonchev–Trinajstić information content (AvgIpc) is 2.85. The largest absolute Gasteiger partial charge is 0.310 e. The highest BCUT2D eigenvalue weighted by atomic mass is 15.2. The van der Waals surface area contributed by atoms with Gasteiger partial charge in [0.1, 0.15) is 0 Å². The van der Waals surface area contributed by atoms with Crippen LogP contribution in [0.4, 0.5) is 0 Å². The molecule has 2 heterocycles. The molecule has 0 aliphatic carbocycles. The highest BCUT2D eigenvalue weighted by Gasteiger charge is 2.14. The molecule has 21 heavy (non-hydrogen) atoms. The third-order valence-electron chi connectivity index (χ3n) is 3.89. The molecule has 1 atom stereocenters. The van der Waals surface area contributed by atoms with E-state index < -0.39 is 0 Å². The van der Waals surface area contributed by atoms with Gasteiger partial charge in [-0.2, -0.15) is 5.10 Å². The van der Waals surface area contributed by atoms with E-state index in [0.29, 0.717) is 6.04 Å². The fourth-order valence-electron chi connectivity index (χ4n) is 2.69. The van der Waals surface area contributed by atoms with Gasteiger partial charge in [0.05, 0.1) is 0 Å². The fraction of sp³-hybridized carbons (Fsp3) is 0.529. The summed E-state index contributed by atoms with van der Waals surface area (Å²) >= 11 is 0. The number of nitrogens with one attached hydrogen (secondary N) is 1. The van der Waals surface area contributed by atoms with Crippen molar-refractivity contribution in [1.82, 2.24) is 20.1 Å². The van der Waals surface area contributed by atoms with Crippen LogP contribution in [0.1, 0.15) is 48.5 Å². The van der Waals surface area contributed by atoms with Crippen LogP contribution in [0, 0.1) is 13.8 Å². The molecule has 0 amide bonds. The van der Waals surface area contributed by atoms with E-state index >= 15 is 0 Å². The number of pyridine rings is 1. The van der Waals surface area contributed by atoms with Crippen LogP contribution in [0.5, 0.6) is 0 Å². The highest BCUT2D eigenvalue weighted by molar-refractivity contribution is 5.25. The molecule has 1 unspecified atom stereocenters. The van der Waals surface area contributed by atoms with Crippen LogP contribution >= 0.6 is 0 Å². The Hall–Kier alpha value is -1.68. The van der Waals surface area contributed by atoms with Crippen LogP contribution in [0.2, 0.25) is 0 Å². The van der Waals surface area contributed by atoms with Crippen LogP contribution < -0.4 is 5.32 Å². The summed E-state index contributed by atoms with van der Waals surface area (Å²) < 4.78 is 1.96. The molecule has 0 saturated carbocycles. The lowest BCUT2D eigenvalue weighted by molar-refractivity contribution is 0.488. The third-order valence-corrected chi connectivity index (χ3v) is 3.89. The van der Waals surface area contributed by atoms with Crippen LogP contribution in [0.25, 0.3) is 0 Å². The molecule has 2 rings (SSSR count). The predicted molar refractivity (Wildman–Crippen MR) is 86.3 cm³/mol. The Kier molecular flexibility index (Phi) is 5.51. The van der Waals surface area contributed by atoms with E-state index in [1.165, 1.54) is 11.3 Å². The van der Waals surface area contributed by atoms with E-state index in [2.05, 4.69) is 47.4 Å². The minimum Gasteiger partial charge on any atom is -0.310 e. The van der Waals surface area contributed by atoms with Crippen LogP contribution in [0.3, 0.4) is 0 Å². The number of aryl methyl sites for hydroxylation is 4. The summed E-state index contributed by atoms with van der Waals surface area (Å²) in [6.45, 7) is 7.38. The van der Waals surface area contributed by atoms with Crippen LogP contribution in [-0.4, -0.2) is 21.3 Å². The second-order valence-corrected chi connectivity index (χ2v) is 5.62. The summed E-state index contributed by atoms with van der Waals surface area (Å²) in [4.78, 5) is 4.61. The van der Waals surface area contributed by atoms with E-state index in [9.17, 15) is 0 Å². The van der Waals surface area contributed by atoms with Gasteiger partial charge in [0.15, 0.2) is 0 Å². The van der Waals surface area contributed by atoms with Gasteiger partial charge < -0.3 is 5.32 Å². The van der Waals surface area contributed by atoms with Crippen molar-refractivity contribution in [2.45, 2.75) is 46.1 Å². The maximum Gasteiger partial charge on any atom is 0.0492 e. The minimum absolute atomic E-state index is 0.355. The number of hydrogen-bond donors (Lipinski definition) is 1. The summed E-state index contributed by atoms with van der Waals surface area (Å²) in [6.07, 6.45) is 5.08. The Labute approximate surface area is 127 Å². The lowest BCUT2D eigenvalue weighted by Crippen LogP contribution is -2.24. The van der Waals surface area contributed by atoms with Gasteiger partial charge in [-0.1, -0.05) is 13.0 Å². The van der Waals surface area contributed by atoms with Crippen molar-refractivity contribution in [1.29, 1.82) is 0 Å². The second kappa shape index (κ2) is 7.36. The van der Waals surface area contributed by atoms with Gasteiger partial charge in [-0.25, -0.2) is 0 Å². The molecule has 2 aromatic heterocycles. The predicted octanol–water partition coefficient (Wildman–Crippen LogP) is 3.11. The first kappa shape index (κ1) is 15.7. The lowest BCUT2D eigenvalue weighted by Gasteiger charge is -2.21. The van der Waals surface area contributed by atoms with Gasteiger partial charge in [-0.15, -0.1) is 0 Å². The molecule has 0 fully saturated rings. The molecular formula is C17H26N4. The molecule has 1 N–H and O–H groups in total. The lowest BCUT2D eigenvalue weighted by atomic mass is 9.99. The zero-order valence-electron chi connectivity index (χ0n) is 13.6. The van der Waals surface area contributed by atoms with E-state index in [0.717, 1.165) is 37.2 Å². The van der Waals surface area contributed by atoms with E-state index in [1.54, 1.807) is 0 Å². The van der Waals surface area contributed by atoms with Gasteiger partial charge in [0.25, 0.3) is 0 Å². The summed E-state index contributed by atoms with van der Waals surface area (Å²) in [5.74, 6) is 0. The zero-order chi connectivity index (χ0) is 15.2. The number of rotatable bonds is 7. The van der Waals surface area contributed by atoms with Crippen molar-refractivity contribution in [3.8, 4) is 0 Å². The van der Waals surface area contributed by atoms with Crippen molar-refractivity contribution in [2.24, 2.45) is 7.05 Å². The Morgan fingerprint density at radius 1 is 1.24 bits per heavy atom. The quantitative estimate of drug-likeness (QED) is 0.850. The maximum atomic E-state index is 4.61. The van der Waals surface area contributed by atoms with Crippen LogP contribution in [0.15, 0.2) is 24.4 Å². The Bertz CT molecular complexity index is 574. The smallest absolute Gasteiger partial charge is 0.0492 e. The molecule has 0 aromatic carbocycles. The molecule has 0 spiro atoms. The Morgan fingerprint density at radius 2 is 2.05 bits per heavy atom. The van der Waals surface area contributed by atoms with Gasteiger partial charge in [0.2, 0.25) is 0 Å². The molecule has 0 aliphatic heterocycles. The first-order valence-electron chi connectivity index (χ1n) is 7.76. The first-order valence-corrected chi connectivity index (χ1v) is 7.76. The molecule has 0 bridgehead atoms. The third kappa shape index (κ3) is 4.14. The molecule has 4 nitrogen and oxygen atoms in total. The van der Waals surface area contributed by atoms with Crippen molar-refractivity contribution >= 4 is 0 Å². The van der Waals surface area contributed by atoms with Crippen molar-refractivity contribution in [2.75, 3.05) is 6.54 Å². The van der Waals surface area contributed by atoms with Crippen LogP contribution in [-0.2, 0) is 13.5 Å². The molecule has 0 aliphatic rings. The summed E-state index contributed by atoms with van der Waals surface area (Å²) in [7, 11) is 2.00. The summed E-state index contributed by atoms with van der Waals surface area (Å²) in [5.41, 5.74) is 4.80. The summed E-state index contributed by atoms with van der Waals surface area (Å²) in [6, 6.07) is 6.77. The monoisotopic (exact) mass is 286 g/mol. The molecule has 0 saturated heterocycles. The first-order chi connectivity index (χ1) is 10.1.